The van der Waals surface area contributed by atoms with Crippen molar-refractivity contribution in [1.82, 2.24) is 15.6 Å². The highest BCUT2D eigenvalue weighted by molar-refractivity contribution is 7.98. The average molecular weight is 263 g/mol. The van der Waals surface area contributed by atoms with Crippen LogP contribution in [0.5, 0.6) is 5.19 Å². The van der Waals surface area contributed by atoms with Crippen molar-refractivity contribution >= 4 is 40.4 Å². The van der Waals surface area contributed by atoms with Crippen LogP contribution in [0, 0.1) is 0 Å². The monoisotopic (exact) mass is 263 g/mol. The van der Waals surface area contributed by atoms with Gasteiger partial charge in [0.05, 0.1) is 5.69 Å². The molecule has 0 bridgehead atoms. The summed E-state index contributed by atoms with van der Waals surface area (Å²) in [6, 6.07) is 0. The second-order valence-corrected chi connectivity index (χ2v) is 5.03. The summed E-state index contributed by atoms with van der Waals surface area (Å²) in [5.41, 5.74) is 0.929. The topological polar surface area (TPSA) is 57.2 Å². The molecule has 0 radical (unpaired) electrons. The molecule has 1 aromatic heterocycles. The van der Waals surface area contributed by atoms with E-state index in [-0.39, 0.29) is 5.19 Å². The number of rotatable bonds is 5. The Bertz CT molecular complexity index is 316. The number of nitrogens with zero attached hydrogens (tertiary/aromatic N) is 1. The Morgan fingerprint density at radius 2 is 2.53 bits per heavy atom. The molecule has 0 aromatic carbocycles. The van der Waals surface area contributed by atoms with Gasteiger partial charge in [-0.05, 0) is 12.2 Å². The summed E-state index contributed by atoms with van der Waals surface area (Å²) in [5.74, 6) is 1.78. The third kappa shape index (κ3) is 5.19. The number of hydrogen-bond donors (Lipinski definition) is 3. The molecule has 0 aliphatic carbocycles. The number of thiocarbonyl (C=S) groups is 1. The van der Waals surface area contributed by atoms with Crippen molar-refractivity contribution in [1.29, 1.82) is 0 Å². The summed E-state index contributed by atoms with van der Waals surface area (Å²) in [5, 5.41) is 17.6. The summed E-state index contributed by atoms with van der Waals surface area (Å²) in [6.07, 6.45) is 0. The zero-order chi connectivity index (χ0) is 11.1. The number of nitrogens with one attached hydrogen (secondary N) is 2. The Labute approximate surface area is 102 Å². The Morgan fingerprint density at radius 3 is 3.13 bits per heavy atom. The van der Waals surface area contributed by atoms with Gasteiger partial charge in [-0.15, -0.1) is 0 Å². The second kappa shape index (κ2) is 6.86. The minimum absolute atomic E-state index is 0.139. The van der Waals surface area contributed by atoms with Crippen molar-refractivity contribution in [3.05, 3.63) is 11.1 Å². The van der Waals surface area contributed by atoms with E-state index in [0.717, 1.165) is 23.7 Å². The van der Waals surface area contributed by atoms with Crippen LogP contribution in [0.15, 0.2) is 5.38 Å². The van der Waals surface area contributed by atoms with Crippen molar-refractivity contribution in [3.8, 4) is 5.19 Å². The van der Waals surface area contributed by atoms with Crippen LogP contribution in [-0.2, 0) is 5.75 Å². The summed E-state index contributed by atoms with van der Waals surface area (Å²) in [4.78, 5) is 3.95. The lowest BCUT2D eigenvalue weighted by molar-refractivity contribution is 0.470. The van der Waals surface area contributed by atoms with Gasteiger partial charge in [-0.1, -0.05) is 11.3 Å². The highest BCUT2D eigenvalue weighted by Gasteiger charge is 1.99. The lowest BCUT2D eigenvalue weighted by Crippen LogP contribution is -2.33. The highest BCUT2D eigenvalue weighted by Crippen LogP contribution is 2.19. The first-order valence-corrected chi connectivity index (χ1v) is 6.83. The van der Waals surface area contributed by atoms with Gasteiger partial charge in [-0.2, -0.15) is 11.8 Å². The molecule has 0 atom stereocenters. The third-order valence-electron chi connectivity index (χ3n) is 1.55. The SMILES string of the molecule is CNC(=S)NCCSCc1csc(O)n1. The summed E-state index contributed by atoms with van der Waals surface area (Å²) >= 11 is 7.94. The Hall–Kier alpha value is -0.530. The minimum Gasteiger partial charge on any atom is -0.486 e. The van der Waals surface area contributed by atoms with E-state index in [9.17, 15) is 0 Å². The molecule has 1 aromatic rings. The summed E-state index contributed by atoms with van der Waals surface area (Å²) in [6.45, 7) is 0.834. The lowest BCUT2D eigenvalue weighted by atomic mass is 10.6. The number of aromatic hydroxyl groups is 1. The van der Waals surface area contributed by atoms with Crippen LogP contribution in [0.4, 0.5) is 0 Å². The van der Waals surface area contributed by atoms with E-state index < -0.39 is 0 Å². The molecule has 84 valence electrons. The van der Waals surface area contributed by atoms with E-state index in [4.69, 9.17) is 17.3 Å². The molecule has 4 nitrogen and oxygen atoms in total. The van der Waals surface area contributed by atoms with E-state index in [0.29, 0.717) is 5.11 Å². The molecule has 0 saturated heterocycles. The Balaban J connectivity index is 2.05. The summed E-state index contributed by atoms with van der Waals surface area (Å²) in [7, 11) is 1.79. The molecular formula is C8H13N3OS3. The first-order chi connectivity index (χ1) is 7.22. The average Bonchev–Trinajstić information content (AvgIpc) is 2.63. The van der Waals surface area contributed by atoms with E-state index >= 15 is 0 Å². The van der Waals surface area contributed by atoms with Crippen LogP contribution in [0.1, 0.15) is 5.69 Å². The molecule has 0 amide bonds. The van der Waals surface area contributed by atoms with Gasteiger partial charge in [0.15, 0.2) is 5.11 Å². The van der Waals surface area contributed by atoms with Crippen LogP contribution in [0.3, 0.4) is 0 Å². The minimum atomic E-state index is 0.139. The van der Waals surface area contributed by atoms with Gasteiger partial charge in [-0.3, -0.25) is 0 Å². The van der Waals surface area contributed by atoms with Gasteiger partial charge in [0.25, 0.3) is 5.19 Å². The molecule has 0 aliphatic rings. The van der Waals surface area contributed by atoms with Gasteiger partial charge < -0.3 is 15.7 Å². The van der Waals surface area contributed by atoms with Gasteiger partial charge in [0.2, 0.25) is 0 Å². The standard InChI is InChI=1S/C8H13N3OS3/c1-9-7(13)10-2-3-14-4-6-5-15-8(12)11-6/h5H,2-4H2,1H3,(H,11,12)(H2,9,10,13). The van der Waals surface area contributed by atoms with Crippen molar-refractivity contribution in [2.45, 2.75) is 5.75 Å². The molecule has 0 aliphatic heterocycles. The quantitative estimate of drug-likeness (QED) is 0.548. The van der Waals surface area contributed by atoms with Crippen LogP contribution in [0.2, 0.25) is 0 Å². The number of thiazole rings is 1. The maximum Gasteiger partial charge on any atom is 0.270 e. The van der Waals surface area contributed by atoms with E-state index in [1.807, 2.05) is 5.38 Å². The fourth-order valence-corrected chi connectivity index (χ4v) is 2.37. The van der Waals surface area contributed by atoms with Gasteiger partial charge >= 0.3 is 0 Å². The Morgan fingerprint density at radius 1 is 1.73 bits per heavy atom. The fourth-order valence-electron chi connectivity index (χ4n) is 0.864. The summed E-state index contributed by atoms with van der Waals surface area (Å²) < 4.78 is 0. The van der Waals surface area contributed by atoms with Gasteiger partial charge in [0.1, 0.15) is 0 Å². The molecule has 3 N–H and O–H groups in total. The molecule has 1 heterocycles. The highest BCUT2D eigenvalue weighted by atomic mass is 32.2. The zero-order valence-corrected chi connectivity index (χ0v) is 10.8. The Kier molecular flexibility index (Phi) is 5.74. The third-order valence-corrected chi connectivity index (χ3v) is 3.58. The number of thioether (sulfide) groups is 1. The van der Waals surface area contributed by atoms with Crippen molar-refractivity contribution in [2.24, 2.45) is 0 Å². The van der Waals surface area contributed by atoms with Crippen LogP contribution in [0.25, 0.3) is 0 Å². The maximum atomic E-state index is 9.02. The smallest absolute Gasteiger partial charge is 0.270 e. The first-order valence-electron chi connectivity index (χ1n) is 4.39. The normalized spacial score (nSPS) is 9.93. The van der Waals surface area contributed by atoms with Crippen molar-refractivity contribution in [2.75, 3.05) is 19.3 Å². The van der Waals surface area contributed by atoms with Crippen molar-refractivity contribution in [3.63, 3.8) is 0 Å². The molecule has 1 rings (SSSR count). The van der Waals surface area contributed by atoms with Crippen LogP contribution in [-0.4, -0.2) is 34.5 Å². The van der Waals surface area contributed by atoms with E-state index in [1.165, 1.54) is 11.3 Å². The second-order valence-electron chi connectivity index (χ2n) is 2.68. The molecule has 0 spiro atoms. The molecule has 7 heteroatoms. The zero-order valence-electron chi connectivity index (χ0n) is 8.32. The first kappa shape index (κ1) is 12.5. The lowest BCUT2D eigenvalue weighted by Gasteiger charge is -2.05. The van der Waals surface area contributed by atoms with Crippen LogP contribution < -0.4 is 10.6 Å². The maximum absolute atomic E-state index is 9.02. The predicted molar refractivity (Wildman–Crippen MR) is 69.6 cm³/mol. The van der Waals surface area contributed by atoms with Crippen molar-refractivity contribution < 1.29 is 5.11 Å². The predicted octanol–water partition coefficient (Wildman–Crippen LogP) is 1.18. The van der Waals surface area contributed by atoms with E-state index in [2.05, 4.69) is 15.6 Å². The molecular weight excluding hydrogens is 250 g/mol. The van der Waals surface area contributed by atoms with Crippen LogP contribution >= 0.6 is 35.3 Å². The molecule has 15 heavy (non-hydrogen) atoms. The fraction of sp³-hybridized carbons (Fsp3) is 0.500. The number of aromatic nitrogens is 1. The van der Waals surface area contributed by atoms with Gasteiger partial charge in [-0.25, -0.2) is 4.98 Å². The molecule has 0 unspecified atom stereocenters. The molecule has 0 fully saturated rings. The van der Waals surface area contributed by atoms with E-state index in [1.54, 1.807) is 18.8 Å². The largest absolute Gasteiger partial charge is 0.486 e. The van der Waals surface area contributed by atoms with Gasteiger partial charge in [0, 0.05) is 30.5 Å². The molecule has 0 saturated carbocycles. The number of hydrogen-bond acceptors (Lipinski definition) is 5.